The van der Waals surface area contributed by atoms with E-state index in [-0.39, 0.29) is 6.04 Å². The molecule has 1 saturated carbocycles. The molecule has 1 aliphatic carbocycles. The molecule has 152 valence electrons. The molecule has 0 bridgehead atoms. The molecule has 3 aromatic heterocycles. The average Bonchev–Trinajstić information content (AvgIpc) is 3.36. The van der Waals surface area contributed by atoms with Gasteiger partial charge in [0, 0.05) is 25.1 Å². The van der Waals surface area contributed by atoms with E-state index < -0.39 is 6.17 Å². The number of aromatic nitrogens is 4. The van der Waals surface area contributed by atoms with E-state index in [1.54, 1.807) is 13.3 Å². The van der Waals surface area contributed by atoms with Crippen molar-refractivity contribution >= 4 is 11.5 Å². The SMILES string of the molecule is COc1cc2ncc(-c3nc(N[C@@H]4CNC[C@H]4F)c(C)cc3C)n2nc1C1CC1. The summed E-state index contributed by atoms with van der Waals surface area (Å²) in [7, 11) is 1.67. The van der Waals surface area contributed by atoms with Crippen molar-refractivity contribution in [3.8, 4) is 17.1 Å². The van der Waals surface area contributed by atoms with Crippen LogP contribution in [-0.4, -0.2) is 52.0 Å². The summed E-state index contributed by atoms with van der Waals surface area (Å²) in [5, 5.41) is 11.2. The highest BCUT2D eigenvalue weighted by atomic mass is 19.1. The zero-order valence-corrected chi connectivity index (χ0v) is 16.9. The number of ether oxygens (including phenoxy) is 1. The van der Waals surface area contributed by atoms with Crippen LogP contribution in [0, 0.1) is 13.8 Å². The lowest BCUT2D eigenvalue weighted by Crippen LogP contribution is -2.30. The minimum atomic E-state index is -0.924. The molecule has 2 N–H and O–H groups in total. The van der Waals surface area contributed by atoms with Crippen molar-refractivity contribution in [2.45, 2.75) is 44.8 Å². The van der Waals surface area contributed by atoms with Crippen molar-refractivity contribution in [2.75, 3.05) is 25.5 Å². The third-order valence-electron chi connectivity index (χ3n) is 5.78. The molecule has 0 unspecified atom stereocenters. The van der Waals surface area contributed by atoms with E-state index in [2.05, 4.69) is 21.7 Å². The molecular weight excluding hydrogens is 371 g/mol. The average molecular weight is 396 g/mol. The van der Waals surface area contributed by atoms with Gasteiger partial charge in [-0.2, -0.15) is 5.10 Å². The van der Waals surface area contributed by atoms with Gasteiger partial charge in [0.15, 0.2) is 5.65 Å². The third-order valence-corrected chi connectivity index (χ3v) is 5.78. The van der Waals surface area contributed by atoms with Crippen molar-refractivity contribution in [1.29, 1.82) is 0 Å². The molecule has 1 aliphatic heterocycles. The summed E-state index contributed by atoms with van der Waals surface area (Å²) in [6, 6.07) is 3.73. The number of imidazole rings is 1. The van der Waals surface area contributed by atoms with E-state index in [4.69, 9.17) is 14.8 Å². The molecule has 7 nitrogen and oxygen atoms in total. The fraction of sp³-hybridized carbons (Fsp3) is 0.476. The minimum absolute atomic E-state index is 0.275. The van der Waals surface area contributed by atoms with E-state index >= 15 is 0 Å². The molecule has 8 heteroatoms. The fourth-order valence-electron chi connectivity index (χ4n) is 4.00. The van der Waals surface area contributed by atoms with Gasteiger partial charge in [-0.25, -0.2) is 18.9 Å². The highest BCUT2D eigenvalue weighted by Gasteiger charge is 2.30. The minimum Gasteiger partial charge on any atom is -0.495 e. The first-order valence-corrected chi connectivity index (χ1v) is 10.1. The predicted molar refractivity (Wildman–Crippen MR) is 109 cm³/mol. The Morgan fingerprint density at radius 2 is 2.03 bits per heavy atom. The van der Waals surface area contributed by atoms with Gasteiger partial charge in [-0.3, -0.25) is 0 Å². The van der Waals surface area contributed by atoms with Crippen LogP contribution in [0.3, 0.4) is 0 Å². The van der Waals surface area contributed by atoms with Gasteiger partial charge in [0.25, 0.3) is 0 Å². The molecule has 3 aromatic rings. The third kappa shape index (κ3) is 3.21. The summed E-state index contributed by atoms with van der Waals surface area (Å²) >= 11 is 0. The molecule has 2 aliphatic rings. The summed E-state index contributed by atoms with van der Waals surface area (Å²) in [5.74, 6) is 1.94. The van der Waals surface area contributed by atoms with E-state index in [0.717, 1.165) is 52.4 Å². The topological polar surface area (TPSA) is 76.4 Å². The highest BCUT2D eigenvalue weighted by molar-refractivity contribution is 5.67. The van der Waals surface area contributed by atoms with Gasteiger partial charge in [-0.15, -0.1) is 0 Å². The molecule has 0 amide bonds. The van der Waals surface area contributed by atoms with Crippen LogP contribution in [0.5, 0.6) is 5.75 Å². The zero-order chi connectivity index (χ0) is 20.1. The van der Waals surface area contributed by atoms with Gasteiger partial charge in [0.1, 0.15) is 29.1 Å². The lowest BCUT2D eigenvalue weighted by molar-refractivity contribution is 0.342. The Morgan fingerprint density at radius 1 is 1.21 bits per heavy atom. The standard InChI is InChI=1S/C21H25FN6O/c1-11-6-12(2)21(25-15-9-23-8-14(15)22)26-19(11)16-10-24-18-7-17(29-3)20(13-4-5-13)27-28(16)18/h6-7,10,13-15,23H,4-5,8-9H2,1-3H3,(H,25,26)/t14-,15-/m1/s1. The van der Waals surface area contributed by atoms with Gasteiger partial charge in [0.2, 0.25) is 0 Å². The van der Waals surface area contributed by atoms with Crippen LogP contribution in [0.25, 0.3) is 17.0 Å². The highest BCUT2D eigenvalue weighted by Crippen LogP contribution is 2.43. The second-order valence-electron chi connectivity index (χ2n) is 8.03. The van der Waals surface area contributed by atoms with Crippen LogP contribution >= 0.6 is 0 Å². The quantitative estimate of drug-likeness (QED) is 0.691. The Balaban J connectivity index is 1.59. The number of aryl methyl sites for hydroxylation is 2. The Bertz CT molecular complexity index is 1080. The van der Waals surface area contributed by atoms with Gasteiger partial charge in [-0.05, 0) is 37.8 Å². The molecule has 29 heavy (non-hydrogen) atoms. The summed E-state index contributed by atoms with van der Waals surface area (Å²) in [4.78, 5) is 9.38. The first-order valence-electron chi connectivity index (χ1n) is 10.1. The number of halogens is 1. The number of methoxy groups -OCH3 is 1. The van der Waals surface area contributed by atoms with Crippen molar-refractivity contribution in [3.05, 3.63) is 35.2 Å². The Kier molecular flexibility index (Phi) is 4.38. The van der Waals surface area contributed by atoms with Crippen LogP contribution < -0.4 is 15.4 Å². The van der Waals surface area contributed by atoms with Crippen molar-refractivity contribution in [2.24, 2.45) is 0 Å². The van der Waals surface area contributed by atoms with Gasteiger partial charge in [0.05, 0.1) is 25.0 Å². The Hall–Kier alpha value is -2.74. The smallest absolute Gasteiger partial charge is 0.157 e. The zero-order valence-electron chi connectivity index (χ0n) is 16.9. The molecule has 4 heterocycles. The maximum atomic E-state index is 14.1. The van der Waals surface area contributed by atoms with Gasteiger partial charge in [-0.1, -0.05) is 6.07 Å². The number of hydrogen-bond acceptors (Lipinski definition) is 6. The number of hydrogen-bond donors (Lipinski definition) is 2. The van der Waals surface area contributed by atoms with Crippen LogP contribution in [0.15, 0.2) is 18.3 Å². The van der Waals surface area contributed by atoms with Crippen LogP contribution in [0.1, 0.15) is 35.6 Å². The molecule has 2 atom stereocenters. The van der Waals surface area contributed by atoms with Crippen molar-refractivity contribution in [3.63, 3.8) is 0 Å². The monoisotopic (exact) mass is 396 g/mol. The van der Waals surface area contributed by atoms with E-state index in [1.165, 1.54) is 0 Å². The summed E-state index contributed by atoms with van der Waals surface area (Å²) in [6.45, 7) is 4.98. The maximum absolute atomic E-state index is 14.1. The lowest BCUT2D eigenvalue weighted by atomic mass is 10.1. The summed E-state index contributed by atoms with van der Waals surface area (Å²) < 4.78 is 21.5. The molecule has 0 radical (unpaired) electrons. The fourth-order valence-corrected chi connectivity index (χ4v) is 4.00. The maximum Gasteiger partial charge on any atom is 0.157 e. The molecule has 0 aromatic carbocycles. The molecule has 0 spiro atoms. The van der Waals surface area contributed by atoms with Crippen LogP contribution in [0.2, 0.25) is 0 Å². The predicted octanol–water partition coefficient (Wildman–Crippen LogP) is 3.02. The lowest BCUT2D eigenvalue weighted by Gasteiger charge is -2.18. The Morgan fingerprint density at radius 3 is 2.72 bits per heavy atom. The van der Waals surface area contributed by atoms with Crippen molar-refractivity contribution < 1.29 is 9.13 Å². The first-order chi connectivity index (χ1) is 14.0. The number of alkyl halides is 1. The molecule has 1 saturated heterocycles. The number of nitrogens with zero attached hydrogens (tertiary/aromatic N) is 4. The van der Waals surface area contributed by atoms with E-state index in [1.807, 2.05) is 24.4 Å². The summed E-state index contributed by atoms with van der Waals surface area (Å²) in [6.07, 6.45) is 3.14. The first kappa shape index (κ1) is 18.3. The van der Waals surface area contributed by atoms with Gasteiger partial charge < -0.3 is 15.4 Å². The number of nitrogens with one attached hydrogen (secondary N) is 2. The molecular formula is C21H25FN6O. The number of rotatable bonds is 5. The summed E-state index contributed by atoms with van der Waals surface area (Å²) in [5.41, 5.74) is 5.34. The van der Waals surface area contributed by atoms with Gasteiger partial charge >= 0.3 is 0 Å². The van der Waals surface area contributed by atoms with Crippen LogP contribution in [-0.2, 0) is 0 Å². The van der Waals surface area contributed by atoms with Crippen LogP contribution in [0.4, 0.5) is 10.2 Å². The number of pyridine rings is 1. The largest absolute Gasteiger partial charge is 0.495 e. The second-order valence-corrected chi connectivity index (χ2v) is 8.03. The second kappa shape index (κ2) is 6.95. The van der Waals surface area contributed by atoms with Crippen molar-refractivity contribution in [1.82, 2.24) is 24.9 Å². The normalized spacial score (nSPS) is 21.7. The number of anilines is 1. The van der Waals surface area contributed by atoms with E-state index in [0.29, 0.717) is 24.8 Å². The number of fused-ring (bicyclic) bond motifs is 1. The van der Waals surface area contributed by atoms with E-state index in [9.17, 15) is 4.39 Å². The Labute approximate surface area is 168 Å². The molecule has 2 fully saturated rings. The molecule has 5 rings (SSSR count).